The van der Waals surface area contributed by atoms with E-state index in [0.29, 0.717) is 33.0 Å². The molecule has 1 unspecified atom stereocenters. The summed E-state index contributed by atoms with van der Waals surface area (Å²) in [5.41, 5.74) is 0. The Bertz CT molecular complexity index is 635. The summed E-state index contributed by atoms with van der Waals surface area (Å²) in [5.74, 6) is -7.50. The predicted molar refractivity (Wildman–Crippen MR) is 88.0 cm³/mol. The number of likely N-dealkylation sites (N-methyl/N-ethyl adjacent to an activating group) is 1. The van der Waals surface area contributed by atoms with Crippen LogP contribution in [0.25, 0.3) is 0 Å². The average Bonchev–Trinajstić information content (AvgIpc) is 2.80. The van der Waals surface area contributed by atoms with Gasteiger partial charge in [0, 0.05) is 32.6 Å². The maximum Gasteiger partial charge on any atom is 0.321 e. The van der Waals surface area contributed by atoms with Gasteiger partial charge in [0.15, 0.2) is 9.84 Å². The van der Waals surface area contributed by atoms with Crippen molar-refractivity contribution >= 4 is 21.7 Å². The van der Waals surface area contributed by atoms with E-state index in [9.17, 15) is 26.8 Å². The molecule has 10 heteroatoms. The Labute approximate surface area is 146 Å². The van der Waals surface area contributed by atoms with E-state index in [1.165, 1.54) is 0 Å². The van der Waals surface area contributed by atoms with E-state index < -0.39 is 45.1 Å². The first-order valence-corrected chi connectivity index (χ1v) is 10.1. The van der Waals surface area contributed by atoms with Crippen molar-refractivity contribution in [2.75, 3.05) is 38.2 Å². The van der Waals surface area contributed by atoms with Gasteiger partial charge in [-0.3, -0.25) is 9.59 Å². The smallest absolute Gasteiger partial charge is 0.321 e. The van der Waals surface area contributed by atoms with Gasteiger partial charge in [-0.25, -0.2) is 8.42 Å². The van der Waals surface area contributed by atoms with Crippen LogP contribution in [0, 0.1) is 5.92 Å². The van der Waals surface area contributed by atoms with Crippen LogP contribution in [0.2, 0.25) is 0 Å². The molecule has 7 nitrogen and oxygen atoms in total. The van der Waals surface area contributed by atoms with Crippen LogP contribution >= 0.6 is 0 Å². The van der Waals surface area contributed by atoms with E-state index in [1.54, 1.807) is 4.90 Å². The van der Waals surface area contributed by atoms with Crippen LogP contribution in [-0.2, 0) is 19.4 Å². The Morgan fingerprint density at radius 2 is 1.88 bits per heavy atom. The molecule has 25 heavy (non-hydrogen) atoms. The van der Waals surface area contributed by atoms with Crippen LogP contribution in [0.15, 0.2) is 0 Å². The lowest BCUT2D eigenvalue weighted by Gasteiger charge is -2.41. The maximum absolute atomic E-state index is 13.1. The third-order valence-corrected chi connectivity index (χ3v) is 6.56. The fourth-order valence-electron chi connectivity index (χ4n) is 3.39. The van der Waals surface area contributed by atoms with Gasteiger partial charge in [0.2, 0.25) is 5.91 Å². The molecule has 2 aliphatic rings. The van der Waals surface area contributed by atoms with E-state index in [4.69, 9.17) is 0 Å². The largest absolute Gasteiger partial charge is 0.346 e. The van der Waals surface area contributed by atoms with Crippen molar-refractivity contribution in [3.63, 3.8) is 0 Å². The fourth-order valence-corrected chi connectivity index (χ4v) is 5.31. The summed E-state index contributed by atoms with van der Waals surface area (Å²) < 4.78 is 50.2. The third-order valence-electron chi connectivity index (χ3n) is 4.83. The van der Waals surface area contributed by atoms with E-state index >= 15 is 0 Å². The molecule has 3 atom stereocenters. The first-order valence-electron chi connectivity index (χ1n) is 8.33. The molecule has 0 bridgehead atoms. The number of hydrogen-bond donors (Lipinski definition) is 1. The summed E-state index contributed by atoms with van der Waals surface area (Å²) >= 11 is 0. The zero-order valence-corrected chi connectivity index (χ0v) is 15.5. The molecule has 0 aromatic carbocycles. The number of nitrogens with one attached hydrogen (secondary N) is 1. The molecule has 0 spiro atoms. The molecule has 1 N–H and O–H groups in total. The Balaban J connectivity index is 2.18. The maximum atomic E-state index is 13.1. The van der Waals surface area contributed by atoms with Crippen LogP contribution in [0.5, 0.6) is 0 Å². The molecule has 2 saturated heterocycles. The first kappa shape index (κ1) is 20.0. The highest BCUT2D eigenvalue weighted by molar-refractivity contribution is 7.91. The lowest BCUT2D eigenvalue weighted by atomic mass is 9.99. The van der Waals surface area contributed by atoms with Gasteiger partial charge in [0.05, 0.1) is 23.5 Å². The number of alkyl halides is 2. The molecule has 0 saturated carbocycles. The minimum absolute atomic E-state index is 0.0569. The molecule has 0 radical (unpaired) electrons. The molecular formula is C15H25F2N3O4S. The summed E-state index contributed by atoms with van der Waals surface area (Å²) in [7, 11) is -1.63. The second-order valence-corrected chi connectivity index (χ2v) is 9.16. The molecule has 2 heterocycles. The van der Waals surface area contributed by atoms with Gasteiger partial charge in [-0.1, -0.05) is 6.92 Å². The highest BCUT2D eigenvalue weighted by atomic mass is 32.2. The first-order chi connectivity index (χ1) is 11.4. The lowest BCUT2D eigenvalue weighted by Crippen LogP contribution is -2.58. The summed E-state index contributed by atoms with van der Waals surface area (Å²) in [4.78, 5) is 28.2. The molecular weight excluding hydrogens is 356 g/mol. The number of rotatable bonds is 4. The molecule has 0 aliphatic carbocycles. The predicted octanol–water partition coefficient (Wildman–Crippen LogP) is -0.276. The van der Waals surface area contributed by atoms with E-state index in [-0.39, 0.29) is 11.9 Å². The molecule has 2 amide bonds. The quantitative estimate of drug-likeness (QED) is 0.724. The van der Waals surface area contributed by atoms with Crippen LogP contribution < -0.4 is 5.32 Å². The molecule has 0 aromatic heterocycles. The Hall–Kier alpha value is -1.29. The van der Waals surface area contributed by atoms with Gasteiger partial charge >= 0.3 is 5.92 Å². The van der Waals surface area contributed by atoms with Crippen LogP contribution in [0.3, 0.4) is 0 Å². The number of nitrogens with zero attached hydrogens (tertiary/aromatic N) is 2. The summed E-state index contributed by atoms with van der Waals surface area (Å²) in [6.45, 7) is 4.16. The Morgan fingerprint density at radius 3 is 2.44 bits per heavy atom. The number of piperazine rings is 1. The number of sulfone groups is 1. The topological polar surface area (TPSA) is 86.8 Å². The fraction of sp³-hybridized carbons (Fsp3) is 0.867. The lowest BCUT2D eigenvalue weighted by molar-refractivity contribution is -0.145. The molecule has 0 aromatic rings. The number of amides is 2. The molecule has 2 rings (SSSR count). The van der Waals surface area contributed by atoms with Crippen molar-refractivity contribution in [1.82, 2.24) is 15.1 Å². The number of carbonyl (C=O) groups excluding carboxylic acids is 2. The van der Waals surface area contributed by atoms with E-state index in [1.807, 2.05) is 14.0 Å². The highest BCUT2D eigenvalue weighted by Crippen LogP contribution is 2.25. The van der Waals surface area contributed by atoms with Gasteiger partial charge in [-0.05, 0) is 13.5 Å². The number of halogens is 2. The second-order valence-electron chi connectivity index (χ2n) is 7.01. The van der Waals surface area contributed by atoms with Gasteiger partial charge in [0.25, 0.3) is 5.91 Å². The van der Waals surface area contributed by atoms with Crippen molar-refractivity contribution in [3.05, 3.63) is 0 Å². The van der Waals surface area contributed by atoms with Gasteiger partial charge in [-0.15, -0.1) is 0 Å². The second kappa shape index (κ2) is 7.14. The van der Waals surface area contributed by atoms with Gasteiger partial charge in [0.1, 0.15) is 0 Å². The van der Waals surface area contributed by atoms with Crippen molar-refractivity contribution < 1.29 is 26.8 Å². The van der Waals surface area contributed by atoms with Gasteiger partial charge < -0.3 is 15.1 Å². The summed E-state index contributed by atoms with van der Waals surface area (Å²) in [6.07, 6.45) is 0.708. The summed E-state index contributed by atoms with van der Waals surface area (Å²) in [5, 5.41) is 2.06. The minimum atomic E-state index is -3.63. The van der Waals surface area contributed by atoms with E-state index in [0.717, 1.165) is 0 Å². The minimum Gasteiger partial charge on any atom is -0.346 e. The number of carbonyl (C=O) groups is 2. The summed E-state index contributed by atoms with van der Waals surface area (Å²) in [6, 6.07) is -1.17. The van der Waals surface area contributed by atoms with Crippen LogP contribution in [-0.4, -0.2) is 86.2 Å². The third kappa shape index (κ3) is 4.66. The van der Waals surface area contributed by atoms with Crippen molar-refractivity contribution in [1.29, 1.82) is 0 Å². The average molecular weight is 381 g/mol. The zero-order chi connectivity index (χ0) is 19.0. The highest BCUT2D eigenvalue weighted by Gasteiger charge is 2.47. The van der Waals surface area contributed by atoms with Crippen molar-refractivity contribution in [2.24, 2.45) is 5.92 Å². The monoisotopic (exact) mass is 381 g/mol. The SMILES string of the molecule is CCC1CN(C)CCN1C(=O)[C@@H]1CS(=O)(=O)C[C@H]1NC(=O)C(C)(F)F. The van der Waals surface area contributed by atoms with Crippen molar-refractivity contribution in [2.45, 2.75) is 38.3 Å². The van der Waals surface area contributed by atoms with Crippen molar-refractivity contribution in [3.8, 4) is 0 Å². The van der Waals surface area contributed by atoms with Crippen LogP contribution in [0.4, 0.5) is 8.78 Å². The zero-order valence-electron chi connectivity index (χ0n) is 14.7. The normalized spacial score (nSPS) is 30.3. The van der Waals surface area contributed by atoms with Gasteiger partial charge in [-0.2, -0.15) is 8.78 Å². The molecule has 2 fully saturated rings. The number of hydrogen-bond acceptors (Lipinski definition) is 5. The van der Waals surface area contributed by atoms with E-state index in [2.05, 4.69) is 10.2 Å². The Morgan fingerprint density at radius 1 is 1.24 bits per heavy atom. The Kier molecular flexibility index (Phi) is 5.72. The molecule has 2 aliphatic heterocycles. The molecule has 144 valence electrons. The van der Waals surface area contributed by atoms with Crippen LogP contribution in [0.1, 0.15) is 20.3 Å². The standard InChI is InChI=1S/C15H25F2N3O4S/c1-4-10-7-19(3)5-6-20(10)13(21)11-8-25(23,24)9-12(11)18-14(22)15(2,16)17/h10-12H,4-9H2,1-3H3,(H,18,22)/t10?,11-,12-/m1/s1.